The third-order valence-corrected chi connectivity index (χ3v) is 1.76. The number of hydrogen-bond donors (Lipinski definition) is 2. The van der Waals surface area contributed by atoms with Gasteiger partial charge in [-0.05, 0) is 31.5 Å². The van der Waals surface area contributed by atoms with Crippen LogP contribution in [0.1, 0.15) is 11.4 Å². The average Bonchev–Trinajstić information content (AvgIpc) is 2.42. The Balaban J connectivity index is 0.000000245. The molecule has 0 aliphatic carbocycles. The van der Waals surface area contributed by atoms with Crippen LogP contribution in [0.3, 0.4) is 0 Å². The van der Waals surface area contributed by atoms with Crippen LogP contribution in [0.15, 0.2) is 18.2 Å². The monoisotopic (exact) mass is 209 g/mol. The van der Waals surface area contributed by atoms with E-state index in [1.165, 1.54) is 5.56 Å². The Kier molecular flexibility index (Phi) is 3.22. The van der Waals surface area contributed by atoms with Gasteiger partial charge in [0.15, 0.2) is 0 Å². The predicted molar refractivity (Wildman–Crippen MR) is 54.3 cm³/mol. The Hall–Kier alpha value is -2.11. The molecule has 0 aliphatic rings. The van der Waals surface area contributed by atoms with E-state index in [9.17, 15) is 0 Å². The Morgan fingerprint density at radius 1 is 1.47 bits per heavy atom. The van der Waals surface area contributed by atoms with Crippen molar-refractivity contribution in [3.05, 3.63) is 39.7 Å². The molecule has 0 bridgehead atoms. The van der Waals surface area contributed by atoms with Crippen molar-refractivity contribution < 1.29 is 10.3 Å². The van der Waals surface area contributed by atoms with E-state index < -0.39 is 5.09 Å². The predicted octanol–water partition coefficient (Wildman–Crippen LogP) is 1.83. The number of benzene rings is 1. The topological polar surface area (TPSA) is 92.0 Å². The first-order valence-electron chi connectivity index (χ1n) is 4.25. The number of aryl methyl sites for hydroxylation is 2. The molecule has 0 amide bonds. The summed E-state index contributed by atoms with van der Waals surface area (Å²) in [5.74, 6) is 0.977. The highest BCUT2D eigenvalue weighted by Crippen LogP contribution is 2.12. The number of nitrogens with one attached hydrogen (secondary N) is 1. The zero-order chi connectivity index (χ0) is 11.4. The minimum atomic E-state index is -1.50. The van der Waals surface area contributed by atoms with E-state index in [2.05, 4.69) is 29.0 Å². The first-order chi connectivity index (χ1) is 6.99. The summed E-state index contributed by atoms with van der Waals surface area (Å²) in [5, 5.41) is 13.6. The Morgan fingerprint density at radius 2 is 2.07 bits per heavy atom. The van der Waals surface area contributed by atoms with Crippen LogP contribution in [0.25, 0.3) is 11.0 Å². The molecular formula is C9H11N3O3. The fraction of sp³-hybridized carbons (Fsp3) is 0.222. The highest BCUT2D eigenvalue weighted by Gasteiger charge is 1.96. The maximum atomic E-state index is 8.36. The van der Waals surface area contributed by atoms with Gasteiger partial charge in [0.05, 0.1) is 11.0 Å². The van der Waals surface area contributed by atoms with Crippen molar-refractivity contribution in [2.24, 2.45) is 0 Å². The van der Waals surface area contributed by atoms with E-state index in [4.69, 9.17) is 15.3 Å². The molecule has 1 heterocycles. The van der Waals surface area contributed by atoms with Gasteiger partial charge in [-0.25, -0.2) is 4.98 Å². The molecule has 0 saturated carbocycles. The minimum absolute atomic E-state index is 0.977. The summed E-state index contributed by atoms with van der Waals surface area (Å²) in [6.07, 6.45) is 0. The summed E-state index contributed by atoms with van der Waals surface area (Å²) in [6.45, 7) is 4.05. The lowest BCUT2D eigenvalue weighted by Gasteiger charge is -1.89. The number of nitrogens with zero attached hydrogens (tertiary/aromatic N) is 2. The first-order valence-corrected chi connectivity index (χ1v) is 4.25. The summed E-state index contributed by atoms with van der Waals surface area (Å²) in [7, 11) is 0. The van der Waals surface area contributed by atoms with Gasteiger partial charge in [0.1, 0.15) is 5.82 Å². The van der Waals surface area contributed by atoms with E-state index >= 15 is 0 Å². The second kappa shape index (κ2) is 4.41. The summed E-state index contributed by atoms with van der Waals surface area (Å²) < 4.78 is 0. The van der Waals surface area contributed by atoms with Gasteiger partial charge in [-0.15, -0.1) is 10.1 Å². The Labute approximate surface area is 85.7 Å². The number of hydrogen-bond acceptors (Lipinski definition) is 3. The fourth-order valence-corrected chi connectivity index (χ4v) is 1.25. The molecule has 0 atom stereocenters. The van der Waals surface area contributed by atoms with E-state index in [0.717, 1.165) is 16.9 Å². The number of rotatable bonds is 0. The van der Waals surface area contributed by atoms with Crippen molar-refractivity contribution >= 4 is 11.0 Å². The van der Waals surface area contributed by atoms with Gasteiger partial charge in [-0.3, -0.25) is 0 Å². The Bertz CT molecular complexity index is 474. The van der Waals surface area contributed by atoms with Crippen LogP contribution in [0.5, 0.6) is 0 Å². The van der Waals surface area contributed by atoms with E-state index in [1.54, 1.807) is 0 Å². The highest BCUT2D eigenvalue weighted by atomic mass is 16.9. The second-order valence-electron chi connectivity index (χ2n) is 3.08. The van der Waals surface area contributed by atoms with Gasteiger partial charge in [-0.1, -0.05) is 6.07 Å². The summed E-state index contributed by atoms with van der Waals surface area (Å²) in [5.41, 5.74) is 3.44. The number of fused-ring (bicyclic) bond motifs is 1. The van der Waals surface area contributed by atoms with Crippen LogP contribution < -0.4 is 0 Å². The third-order valence-electron chi connectivity index (χ3n) is 1.76. The lowest BCUT2D eigenvalue weighted by Crippen LogP contribution is -1.81. The Morgan fingerprint density at radius 3 is 2.67 bits per heavy atom. The second-order valence-corrected chi connectivity index (χ2v) is 3.08. The third kappa shape index (κ3) is 3.26. The minimum Gasteiger partial charge on any atom is -0.342 e. The lowest BCUT2D eigenvalue weighted by molar-refractivity contribution is -0.742. The summed E-state index contributed by atoms with van der Waals surface area (Å²) in [6, 6.07) is 6.21. The van der Waals surface area contributed by atoms with Crippen LogP contribution in [0.4, 0.5) is 0 Å². The van der Waals surface area contributed by atoms with Gasteiger partial charge >= 0.3 is 0 Å². The number of aromatic nitrogens is 2. The zero-order valence-electron chi connectivity index (χ0n) is 8.39. The van der Waals surface area contributed by atoms with Crippen LogP contribution in [-0.4, -0.2) is 20.3 Å². The largest absolute Gasteiger partial charge is 0.342 e. The summed E-state index contributed by atoms with van der Waals surface area (Å²) in [4.78, 5) is 15.8. The maximum absolute atomic E-state index is 8.36. The number of imidazole rings is 1. The van der Waals surface area contributed by atoms with Crippen molar-refractivity contribution in [2.45, 2.75) is 13.8 Å². The molecule has 0 saturated heterocycles. The molecule has 6 nitrogen and oxygen atoms in total. The smallest absolute Gasteiger partial charge is 0.291 e. The molecule has 6 heteroatoms. The molecule has 15 heavy (non-hydrogen) atoms. The van der Waals surface area contributed by atoms with Gasteiger partial charge in [0.2, 0.25) is 0 Å². The first kappa shape index (κ1) is 11.0. The van der Waals surface area contributed by atoms with E-state index in [-0.39, 0.29) is 0 Å². The summed E-state index contributed by atoms with van der Waals surface area (Å²) >= 11 is 0. The van der Waals surface area contributed by atoms with Crippen LogP contribution in [-0.2, 0) is 0 Å². The fourth-order valence-electron chi connectivity index (χ4n) is 1.25. The average molecular weight is 209 g/mol. The molecule has 0 unspecified atom stereocenters. The van der Waals surface area contributed by atoms with Crippen molar-refractivity contribution in [3.8, 4) is 0 Å². The molecule has 1 aromatic heterocycles. The molecule has 2 N–H and O–H groups in total. The lowest BCUT2D eigenvalue weighted by atomic mass is 10.2. The highest BCUT2D eigenvalue weighted by molar-refractivity contribution is 5.75. The van der Waals surface area contributed by atoms with Crippen molar-refractivity contribution in [1.29, 1.82) is 0 Å². The molecule has 80 valence electrons. The van der Waals surface area contributed by atoms with Crippen LogP contribution in [0, 0.1) is 24.0 Å². The van der Waals surface area contributed by atoms with Crippen LogP contribution in [0.2, 0.25) is 0 Å². The molecular weight excluding hydrogens is 198 g/mol. The van der Waals surface area contributed by atoms with Crippen molar-refractivity contribution in [1.82, 2.24) is 9.97 Å². The van der Waals surface area contributed by atoms with Gasteiger partial charge in [0.25, 0.3) is 5.09 Å². The molecule has 0 radical (unpaired) electrons. The van der Waals surface area contributed by atoms with Crippen molar-refractivity contribution in [2.75, 3.05) is 0 Å². The van der Waals surface area contributed by atoms with Crippen molar-refractivity contribution in [3.63, 3.8) is 0 Å². The van der Waals surface area contributed by atoms with Crippen LogP contribution >= 0.6 is 0 Å². The molecule has 2 rings (SSSR count). The van der Waals surface area contributed by atoms with Gasteiger partial charge < -0.3 is 10.2 Å². The van der Waals surface area contributed by atoms with Gasteiger partial charge in [-0.2, -0.15) is 0 Å². The zero-order valence-corrected chi connectivity index (χ0v) is 8.39. The number of H-pyrrole nitrogens is 1. The molecule has 1 aromatic carbocycles. The number of aromatic amines is 1. The molecule has 2 aromatic rings. The molecule has 0 fully saturated rings. The van der Waals surface area contributed by atoms with E-state index in [1.807, 2.05) is 13.0 Å². The van der Waals surface area contributed by atoms with Gasteiger partial charge in [0, 0.05) is 0 Å². The maximum Gasteiger partial charge on any atom is 0.291 e. The molecule has 0 spiro atoms. The molecule has 0 aliphatic heterocycles. The van der Waals surface area contributed by atoms with E-state index in [0.29, 0.717) is 0 Å². The SMILES string of the molecule is Cc1ccc2nc(C)[nH]c2c1.O=[N+]([O-])O. The standard InChI is InChI=1S/C9H10N2.HNO3/c1-6-3-4-8-9(5-6)11-7(2)10-8;2-1(3)4/h3-5H,1-2H3,(H,10,11);(H,2,3,4). The quantitative estimate of drug-likeness (QED) is 0.511. The normalized spacial score (nSPS) is 9.47.